The van der Waals surface area contributed by atoms with Gasteiger partial charge >= 0.3 is 0 Å². The van der Waals surface area contributed by atoms with Gasteiger partial charge < -0.3 is 0 Å². The van der Waals surface area contributed by atoms with Gasteiger partial charge in [0.05, 0.1) is 0 Å². The summed E-state index contributed by atoms with van der Waals surface area (Å²) in [4.78, 5) is 9.92. The van der Waals surface area contributed by atoms with Crippen molar-refractivity contribution < 1.29 is 4.79 Å². The lowest BCUT2D eigenvalue weighted by atomic mass is 10.2. The van der Waals surface area contributed by atoms with Crippen LogP contribution in [-0.2, 0) is 4.79 Å². The maximum absolute atomic E-state index is 9.92. The van der Waals surface area contributed by atoms with Crippen LogP contribution in [0.5, 0.6) is 0 Å². The van der Waals surface area contributed by atoms with Crippen LogP contribution in [0.2, 0.25) is 0 Å². The highest BCUT2D eigenvalue weighted by molar-refractivity contribution is 5.65. The number of hydrogen-bond donors (Lipinski definition) is 0. The molecule has 0 bridgehead atoms. The van der Waals surface area contributed by atoms with Crippen molar-refractivity contribution in [3.05, 3.63) is 66.3 Å². The Kier molecular flexibility index (Phi) is 4.81. The summed E-state index contributed by atoms with van der Waals surface area (Å²) in [6.07, 6.45) is 11.5. The van der Waals surface area contributed by atoms with Crippen molar-refractivity contribution in [1.29, 1.82) is 0 Å². The molecule has 0 atom stereocenters. The summed E-state index contributed by atoms with van der Waals surface area (Å²) in [6.45, 7) is 0. The molecule has 0 N–H and O–H groups in total. The van der Waals surface area contributed by atoms with Crippen LogP contribution in [-0.4, -0.2) is 6.29 Å². The molecule has 1 aromatic carbocycles. The van der Waals surface area contributed by atoms with E-state index in [0.29, 0.717) is 0 Å². The first-order chi connectivity index (χ1) is 6.93. The Morgan fingerprint density at radius 2 is 1.43 bits per heavy atom. The molecule has 0 fully saturated rings. The molecule has 1 aromatic rings. The highest BCUT2D eigenvalue weighted by atomic mass is 16.1. The second-order valence-corrected chi connectivity index (χ2v) is 2.68. The van der Waals surface area contributed by atoms with Crippen molar-refractivity contribution in [3.63, 3.8) is 0 Å². The first-order valence-electron chi connectivity index (χ1n) is 4.44. The molecule has 0 radical (unpaired) electrons. The van der Waals surface area contributed by atoms with Gasteiger partial charge in [-0.25, -0.2) is 0 Å². The largest absolute Gasteiger partial charge is 0.299 e. The second-order valence-electron chi connectivity index (χ2n) is 2.68. The van der Waals surface area contributed by atoms with E-state index in [1.807, 2.05) is 54.6 Å². The Morgan fingerprint density at radius 3 is 2.14 bits per heavy atom. The normalized spacial score (nSPS) is 11.7. The number of allylic oxidation sites excluding steroid dienone is 5. The maximum Gasteiger partial charge on any atom is 0.142 e. The van der Waals surface area contributed by atoms with Gasteiger partial charge in [0, 0.05) is 0 Å². The molecule has 0 saturated carbocycles. The molecule has 0 aliphatic heterocycles. The Morgan fingerprint density at radius 1 is 0.786 bits per heavy atom. The van der Waals surface area contributed by atoms with Gasteiger partial charge in [0.1, 0.15) is 6.29 Å². The Hall–Kier alpha value is -1.89. The average molecular weight is 184 g/mol. The predicted octanol–water partition coefficient (Wildman–Crippen LogP) is 3.01. The fourth-order valence-corrected chi connectivity index (χ4v) is 0.969. The van der Waals surface area contributed by atoms with E-state index >= 15 is 0 Å². The summed E-state index contributed by atoms with van der Waals surface area (Å²) in [6, 6.07) is 10.0. The van der Waals surface area contributed by atoms with Gasteiger partial charge in [-0.05, 0) is 11.6 Å². The topological polar surface area (TPSA) is 17.1 Å². The lowest BCUT2D eigenvalue weighted by molar-refractivity contribution is -0.104. The molecule has 14 heavy (non-hydrogen) atoms. The fourth-order valence-electron chi connectivity index (χ4n) is 0.969. The van der Waals surface area contributed by atoms with E-state index < -0.39 is 0 Å². The zero-order chi connectivity index (χ0) is 10.1. The Labute approximate surface area is 84.1 Å². The van der Waals surface area contributed by atoms with Crippen molar-refractivity contribution in [2.45, 2.75) is 0 Å². The third kappa shape index (κ3) is 4.21. The van der Waals surface area contributed by atoms with Crippen molar-refractivity contribution in [1.82, 2.24) is 0 Å². The first kappa shape index (κ1) is 10.2. The Balaban J connectivity index is 2.45. The lowest BCUT2D eigenvalue weighted by Crippen LogP contribution is -1.66. The van der Waals surface area contributed by atoms with E-state index in [1.165, 1.54) is 6.08 Å². The van der Waals surface area contributed by atoms with Crippen molar-refractivity contribution in [3.8, 4) is 0 Å². The van der Waals surface area contributed by atoms with Gasteiger partial charge in [-0.1, -0.05) is 60.7 Å². The molecule has 0 saturated heterocycles. The summed E-state index contributed by atoms with van der Waals surface area (Å²) in [5.74, 6) is 0. The number of carbonyl (C=O) groups excluding carboxylic acids is 1. The number of rotatable bonds is 4. The number of benzene rings is 1. The molecule has 0 amide bonds. The molecular formula is C13H12O. The van der Waals surface area contributed by atoms with Crippen LogP contribution in [0.1, 0.15) is 5.56 Å². The quantitative estimate of drug-likeness (QED) is 0.399. The van der Waals surface area contributed by atoms with Crippen LogP contribution in [0.4, 0.5) is 0 Å². The maximum atomic E-state index is 9.92. The minimum atomic E-state index is 0.755. The first-order valence-corrected chi connectivity index (χ1v) is 4.44. The van der Waals surface area contributed by atoms with Crippen LogP contribution in [0.15, 0.2) is 60.7 Å². The molecule has 1 heteroatoms. The minimum absolute atomic E-state index is 0.755. The number of aldehydes is 1. The molecule has 70 valence electrons. The van der Waals surface area contributed by atoms with Gasteiger partial charge in [0.25, 0.3) is 0 Å². The van der Waals surface area contributed by atoms with E-state index in [1.54, 1.807) is 6.08 Å². The number of carbonyl (C=O) groups is 1. The molecule has 1 nitrogen and oxygen atoms in total. The third-order valence-electron chi connectivity index (χ3n) is 1.61. The van der Waals surface area contributed by atoms with Crippen LogP contribution < -0.4 is 0 Å². The van der Waals surface area contributed by atoms with Gasteiger partial charge in [0.2, 0.25) is 0 Å². The standard InChI is InChI=1S/C13H12O/c14-12-8-3-1-2-5-9-13-10-6-4-7-11-13/h1-12H/b2-1-,8-3-,9-5+. The molecular weight excluding hydrogens is 172 g/mol. The minimum Gasteiger partial charge on any atom is -0.299 e. The van der Waals surface area contributed by atoms with Gasteiger partial charge in [-0.15, -0.1) is 0 Å². The summed E-state index contributed by atoms with van der Waals surface area (Å²) in [7, 11) is 0. The molecule has 0 heterocycles. The van der Waals surface area contributed by atoms with Crippen molar-refractivity contribution in [2.24, 2.45) is 0 Å². The molecule has 0 spiro atoms. The number of hydrogen-bond acceptors (Lipinski definition) is 1. The highest BCUT2D eigenvalue weighted by Crippen LogP contribution is 2.00. The van der Waals surface area contributed by atoms with E-state index in [0.717, 1.165) is 11.8 Å². The second kappa shape index (κ2) is 6.61. The summed E-state index contributed by atoms with van der Waals surface area (Å²) >= 11 is 0. The van der Waals surface area contributed by atoms with E-state index in [2.05, 4.69) is 0 Å². The van der Waals surface area contributed by atoms with Crippen molar-refractivity contribution in [2.75, 3.05) is 0 Å². The Bertz CT molecular complexity index is 345. The smallest absolute Gasteiger partial charge is 0.142 e. The third-order valence-corrected chi connectivity index (χ3v) is 1.61. The SMILES string of the molecule is O=C\C=C/C=C\C=C\c1ccccc1. The van der Waals surface area contributed by atoms with Crippen LogP contribution in [0, 0.1) is 0 Å². The monoisotopic (exact) mass is 184 g/mol. The summed E-state index contributed by atoms with van der Waals surface area (Å²) in [5, 5.41) is 0. The zero-order valence-electron chi connectivity index (χ0n) is 7.84. The van der Waals surface area contributed by atoms with Gasteiger partial charge in [0.15, 0.2) is 0 Å². The molecule has 0 aromatic heterocycles. The summed E-state index contributed by atoms with van der Waals surface area (Å²) < 4.78 is 0. The van der Waals surface area contributed by atoms with Crippen molar-refractivity contribution >= 4 is 12.4 Å². The van der Waals surface area contributed by atoms with Gasteiger partial charge in [-0.3, -0.25) is 4.79 Å². The summed E-state index contributed by atoms with van der Waals surface area (Å²) in [5.41, 5.74) is 1.16. The van der Waals surface area contributed by atoms with Crippen LogP contribution in [0.25, 0.3) is 6.08 Å². The molecule has 0 unspecified atom stereocenters. The predicted molar refractivity (Wildman–Crippen MR) is 59.8 cm³/mol. The van der Waals surface area contributed by atoms with Crippen LogP contribution in [0.3, 0.4) is 0 Å². The van der Waals surface area contributed by atoms with Crippen LogP contribution >= 0.6 is 0 Å². The fraction of sp³-hybridized carbons (Fsp3) is 0. The zero-order valence-corrected chi connectivity index (χ0v) is 7.84. The van der Waals surface area contributed by atoms with E-state index in [-0.39, 0.29) is 0 Å². The highest BCUT2D eigenvalue weighted by Gasteiger charge is 1.78. The van der Waals surface area contributed by atoms with Gasteiger partial charge in [-0.2, -0.15) is 0 Å². The van der Waals surface area contributed by atoms with E-state index in [4.69, 9.17) is 0 Å². The molecule has 0 aliphatic rings. The lowest BCUT2D eigenvalue weighted by Gasteiger charge is -1.87. The van der Waals surface area contributed by atoms with E-state index in [9.17, 15) is 4.79 Å². The average Bonchev–Trinajstić information content (AvgIpc) is 2.25. The molecule has 0 aliphatic carbocycles. The molecule has 1 rings (SSSR count).